The second kappa shape index (κ2) is 6.90. The fraction of sp³-hybridized carbons (Fsp3) is 0.0556. The van der Waals surface area contributed by atoms with Crippen LogP contribution in [0.1, 0.15) is 11.1 Å². The van der Waals surface area contributed by atoms with E-state index in [1.807, 2.05) is 0 Å². The number of allylic oxidation sites excluding steroid dienone is 1. The number of anilines is 1. The number of rotatable bonds is 2. The SMILES string of the molecule is N#CC(C#N)=C1C(=O)N(Cc2ccc(Cl)cc2Cl)c2ccc(Br)cc21. The van der Waals surface area contributed by atoms with Crippen molar-refractivity contribution < 1.29 is 4.79 Å². The van der Waals surface area contributed by atoms with Crippen LogP contribution in [0.2, 0.25) is 10.0 Å². The highest BCUT2D eigenvalue weighted by atomic mass is 79.9. The Morgan fingerprint density at radius 2 is 1.84 bits per heavy atom. The average Bonchev–Trinajstić information content (AvgIpc) is 2.84. The minimum Gasteiger partial charge on any atom is -0.303 e. The van der Waals surface area contributed by atoms with Gasteiger partial charge in [-0.2, -0.15) is 10.5 Å². The van der Waals surface area contributed by atoms with Crippen molar-refractivity contribution in [3.05, 3.63) is 67.6 Å². The van der Waals surface area contributed by atoms with Gasteiger partial charge in [0.25, 0.3) is 5.91 Å². The first-order valence-corrected chi connectivity index (χ1v) is 8.61. The fourth-order valence-electron chi connectivity index (χ4n) is 2.66. The first kappa shape index (κ1) is 17.5. The Labute approximate surface area is 162 Å². The van der Waals surface area contributed by atoms with Crippen LogP contribution in [-0.4, -0.2) is 5.91 Å². The van der Waals surface area contributed by atoms with Crippen molar-refractivity contribution in [1.82, 2.24) is 0 Å². The summed E-state index contributed by atoms with van der Waals surface area (Å²) in [5.74, 6) is -0.405. The maximum atomic E-state index is 12.9. The average molecular weight is 433 g/mol. The van der Waals surface area contributed by atoms with E-state index >= 15 is 0 Å². The first-order chi connectivity index (χ1) is 12.0. The molecular formula is C18H8BrCl2N3O. The van der Waals surface area contributed by atoms with Gasteiger partial charge in [-0.05, 0) is 35.9 Å². The highest BCUT2D eigenvalue weighted by molar-refractivity contribution is 9.10. The Morgan fingerprint density at radius 1 is 1.12 bits per heavy atom. The summed E-state index contributed by atoms with van der Waals surface area (Å²) in [5, 5.41) is 19.3. The van der Waals surface area contributed by atoms with Crippen molar-refractivity contribution in [3.63, 3.8) is 0 Å². The molecule has 1 heterocycles. The number of hydrogen-bond donors (Lipinski definition) is 0. The van der Waals surface area contributed by atoms with Crippen molar-refractivity contribution in [3.8, 4) is 12.1 Å². The van der Waals surface area contributed by atoms with Crippen LogP contribution in [0.3, 0.4) is 0 Å². The summed E-state index contributed by atoms with van der Waals surface area (Å²) < 4.78 is 0.748. The zero-order valence-corrected chi connectivity index (χ0v) is 15.7. The van der Waals surface area contributed by atoms with Gasteiger partial charge < -0.3 is 4.90 Å². The normalized spacial score (nSPS) is 12.6. The maximum absolute atomic E-state index is 12.9. The van der Waals surface area contributed by atoms with E-state index in [9.17, 15) is 15.3 Å². The van der Waals surface area contributed by atoms with Gasteiger partial charge in [-0.25, -0.2) is 0 Å². The molecule has 0 N–H and O–H groups in total. The summed E-state index contributed by atoms with van der Waals surface area (Å²) >= 11 is 15.5. The van der Waals surface area contributed by atoms with Gasteiger partial charge in [-0.3, -0.25) is 4.79 Å². The lowest BCUT2D eigenvalue weighted by atomic mass is 10.0. The third-order valence-electron chi connectivity index (χ3n) is 3.79. The Balaban J connectivity index is 2.14. The molecule has 0 atom stereocenters. The van der Waals surface area contributed by atoms with E-state index in [1.54, 1.807) is 48.5 Å². The number of halogens is 3. The minimum absolute atomic E-state index is 0.103. The Hall–Kier alpha value is -2.31. The number of carbonyl (C=O) groups excluding carboxylic acids is 1. The number of benzene rings is 2. The van der Waals surface area contributed by atoms with Crippen LogP contribution in [0.15, 0.2) is 46.4 Å². The monoisotopic (exact) mass is 431 g/mol. The van der Waals surface area contributed by atoms with Crippen LogP contribution in [-0.2, 0) is 11.3 Å². The van der Waals surface area contributed by atoms with E-state index in [-0.39, 0.29) is 17.7 Å². The first-order valence-electron chi connectivity index (χ1n) is 7.06. The predicted molar refractivity (Wildman–Crippen MR) is 99.9 cm³/mol. The molecule has 0 aliphatic carbocycles. The smallest absolute Gasteiger partial charge is 0.261 e. The van der Waals surface area contributed by atoms with Crippen LogP contribution in [0, 0.1) is 22.7 Å². The molecule has 4 nitrogen and oxygen atoms in total. The third kappa shape index (κ3) is 3.15. The molecule has 0 saturated heterocycles. The molecule has 0 spiro atoms. The minimum atomic E-state index is -0.405. The van der Waals surface area contributed by atoms with E-state index in [4.69, 9.17) is 23.2 Å². The largest absolute Gasteiger partial charge is 0.303 e. The molecule has 0 unspecified atom stereocenters. The number of fused-ring (bicyclic) bond motifs is 1. The van der Waals surface area contributed by atoms with Gasteiger partial charge in [0, 0.05) is 20.1 Å². The van der Waals surface area contributed by atoms with Gasteiger partial charge >= 0.3 is 0 Å². The fourth-order valence-corrected chi connectivity index (χ4v) is 3.49. The molecule has 0 aromatic heterocycles. The molecule has 2 aromatic carbocycles. The number of nitriles is 2. The van der Waals surface area contributed by atoms with Crippen molar-refractivity contribution in [2.24, 2.45) is 0 Å². The van der Waals surface area contributed by atoms with Crippen LogP contribution in [0.4, 0.5) is 5.69 Å². The Kier molecular flexibility index (Phi) is 4.83. The molecule has 7 heteroatoms. The molecular weight excluding hydrogens is 425 g/mol. The van der Waals surface area contributed by atoms with Gasteiger partial charge in [-0.1, -0.05) is 45.2 Å². The van der Waals surface area contributed by atoms with Crippen molar-refractivity contribution in [2.75, 3.05) is 4.90 Å². The standard InChI is InChI=1S/C18H8BrCl2N3O/c19-12-2-4-16-14(5-12)17(11(7-22)8-23)18(25)24(16)9-10-1-3-13(20)6-15(10)21/h1-6H,9H2. The number of hydrogen-bond acceptors (Lipinski definition) is 3. The molecule has 1 aliphatic rings. The van der Waals surface area contributed by atoms with Crippen LogP contribution in [0.25, 0.3) is 5.57 Å². The highest BCUT2D eigenvalue weighted by Crippen LogP contribution is 2.41. The van der Waals surface area contributed by atoms with Gasteiger partial charge in [0.05, 0.1) is 17.8 Å². The van der Waals surface area contributed by atoms with Crippen LogP contribution >= 0.6 is 39.1 Å². The topological polar surface area (TPSA) is 67.9 Å². The lowest BCUT2D eigenvalue weighted by molar-refractivity contribution is -0.113. The second-order valence-electron chi connectivity index (χ2n) is 5.26. The van der Waals surface area contributed by atoms with Gasteiger partial charge in [-0.15, -0.1) is 0 Å². The summed E-state index contributed by atoms with van der Waals surface area (Å²) in [5.41, 5.74) is 1.77. The van der Waals surface area contributed by atoms with Gasteiger partial charge in [0.15, 0.2) is 0 Å². The number of nitrogens with zero attached hydrogens (tertiary/aromatic N) is 3. The van der Waals surface area contributed by atoms with Crippen molar-refractivity contribution in [1.29, 1.82) is 10.5 Å². The molecule has 25 heavy (non-hydrogen) atoms. The van der Waals surface area contributed by atoms with E-state index in [2.05, 4.69) is 15.9 Å². The summed E-state index contributed by atoms with van der Waals surface area (Å²) in [6, 6.07) is 13.9. The zero-order chi connectivity index (χ0) is 18.1. The summed E-state index contributed by atoms with van der Waals surface area (Å²) in [4.78, 5) is 14.4. The Bertz CT molecular complexity index is 1000. The molecule has 0 bridgehead atoms. The zero-order valence-electron chi connectivity index (χ0n) is 12.6. The van der Waals surface area contributed by atoms with E-state index in [0.29, 0.717) is 26.9 Å². The summed E-state index contributed by atoms with van der Waals surface area (Å²) in [6.07, 6.45) is 0. The second-order valence-corrected chi connectivity index (χ2v) is 7.02. The molecule has 1 amide bonds. The Morgan fingerprint density at radius 3 is 2.48 bits per heavy atom. The molecule has 0 saturated carbocycles. The van der Waals surface area contributed by atoms with Crippen molar-refractivity contribution in [2.45, 2.75) is 6.54 Å². The summed E-state index contributed by atoms with van der Waals surface area (Å²) in [6.45, 7) is 0.205. The molecule has 1 aliphatic heterocycles. The molecule has 0 fully saturated rings. The van der Waals surface area contributed by atoms with E-state index in [1.165, 1.54) is 4.90 Å². The van der Waals surface area contributed by atoms with E-state index in [0.717, 1.165) is 4.47 Å². The lowest BCUT2D eigenvalue weighted by Crippen LogP contribution is -2.26. The quantitative estimate of drug-likeness (QED) is 0.489. The maximum Gasteiger partial charge on any atom is 0.261 e. The predicted octanol–water partition coefficient (Wildman–Crippen LogP) is 5.10. The third-order valence-corrected chi connectivity index (χ3v) is 4.88. The molecule has 3 rings (SSSR count). The van der Waals surface area contributed by atoms with Gasteiger partial charge in [0.1, 0.15) is 17.7 Å². The summed E-state index contributed by atoms with van der Waals surface area (Å²) in [7, 11) is 0. The van der Waals surface area contributed by atoms with Crippen molar-refractivity contribution >= 4 is 56.3 Å². The number of amides is 1. The molecule has 0 radical (unpaired) electrons. The van der Waals surface area contributed by atoms with Crippen LogP contribution < -0.4 is 4.90 Å². The van der Waals surface area contributed by atoms with Crippen LogP contribution in [0.5, 0.6) is 0 Å². The molecule has 122 valence electrons. The van der Waals surface area contributed by atoms with E-state index < -0.39 is 5.91 Å². The van der Waals surface area contributed by atoms with Gasteiger partial charge in [0.2, 0.25) is 0 Å². The molecule has 2 aromatic rings. The number of carbonyl (C=O) groups is 1. The lowest BCUT2D eigenvalue weighted by Gasteiger charge is -2.18. The highest BCUT2D eigenvalue weighted by Gasteiger charge is 2.35.